The predicted molar refractivity (Wildman–Crippen MR) is 117 cm³/mol. The van der Waals surface area contributed by atoms with Crippen molar-refractivity contribution in [3.63, 3.8) is 0 Å². The topological polar surface area (TPSA) is 75.5 Å². The highest BCUT2D eigenvalue weighted by Crippen LogP contribution is 2.44. The number of nitrogens with zero attached hydrogens (tertiary/aromatic N) is 5. The molecular weight excluding hydrogens is 382 g/mol. The van der Waals surface area contributed by atoms with E-state index in [1.807, 2.05) is 17.5 Å². The molecule has 3 aromatic rings. The molecule has 0 unspecified atom stereocenters. The summed E-state index contributed by atoms with van der Waals surface area (Å²) in [6.45, 7) is 12.0. The maximum Gasteiger partial charge on any atom is 0.332 e. The lowest BCUT2D eigenvalue weighted by Crippen LogP contribution is -2.40. The second-order valence-electron chi connectivity index (χ2n) is 9.66. The summed E-state index contributed by atoms with van der Waals surface area (Å²) in [6, 6.07) is 0.329. The molecule has 0 spiro atoms. The third-order valence-corrected chi connectivity index (χ3v) is 6.46. The molecule has 0 radical (unpaired) electrons. The summed E-state index contributed by atoms with van der Waals surface area (Å²) < 4.78 is 12.2. The lowest BCUT2D eigenvalue weighted by Gasteiger charge is -2.39. The second kappa shape index (κ2) is 7.41. The Kier molecular flexibility index (Phi) is 5.16. The Morgan fingerprint density at radius 1 is 1.27 bits per heavy atom. The van der Waals surface area contributed by atoms with Gasteiger partial charge in [0.25, 0.3) is 5.56 Å². The van der Waals surface area contributed by atoms with Crippen LogP contribution in [0.5, 0.6) is 0 Å². The van der Waals surface area contributed by atoms with Gasteiger partial charge in [0, 0.05) is 31.6 Å². The van der Waals surface area contributed by atoms with Crippen molar-refractivity contribution in [3.05, 3.63) is 32.7 Å². The molecule has 2 atom stereocenters. The van der Waals surface area contributed by atoms with Crippen molar-refractivity contribution in [2.24, 2.45) is 18.4 Å². The van der Waals surface area contributed by atoms with Gasteiger partial charge in [-0.2, -0.15) is 4.98 Å². The molecule has 0 amide bonds. The fourth-order valence-corrected chi connectivity index (χ4v) is 5.47. The summed E-state index contributed by atoms with van der Waals surface area (Å²) in [4.78, 5) is 30.8. The molecule has 0 saturated heterocycles. The summed E-state index contributed by atoms with van der Waals surface area (Å²) in [6.07, 6.45) is 5.36. The number of hydrogen-bond donors (Lipinski definition) is 0. The van der Waals surface area contributed by atoms with Crippen molar-refractivity contribution in [3.8, 4) is 0 Å². The highest BCUT2D eigenvalue weighted by molar-refractivity contribution is 5.75. The number of imidazole rings is 2. The Morgan fingerprint density at radius 3 is 2.67 bits per heavy atom. The van der Waals surface area contributed by atoms with Crippen LogP contribution in [-0.4, -0.2) is 36.3 Å². The van der Waals surface area contributed by atoms with Crippen molar-refractivity contribution in [2.75, 3.05) is 13.2 Å². The lowest BCUT2D eigenvalue weighted by atomic mass is 9.70. The molecule has 1 fully saturated rings. The zero-order chi connectivity index (χ0) is 21.8. The van der Waals surface area contributed by atoms with Crippen LogP contribution in [0.1, 0.15) is 58.7 Å². The minimum atomic E-state index is -0.358. The van der Waals surface area contributed by atoms with Crippen LogP contribution >= 0.6 is 0 Å². The van der Waals surface area contributed by atoms with Crippen molar-refractivity contribution >= 4 is 16.9 Å². The molecule has 30 heavy (non-hydrogen) atoms. The third kappa shape index (κ3) is 3.31. The van der Waals surface area contributed by atoms with Gasteiger partial charge < -0.3 is 9.30 Å². The smallest absolute Gasteiger partial charge is 0.332 e. The van der Waals surface area contributed by atoms with Crippen LogP contribution in [0.25, 0.3) is 16.9 Å². The van der Waals surface area contributed by atoms with E-state index in [9.17, 15) is 9.59 Å². The first kappa shape index (κ1) is 20.9. The van der Waals surface area contributed by atoms with Crippen molar-refractivity contribution in [1.29, 1.82) is 0 Å². The normalized spacial score (nSPS) is 21.7. The number of ether oxygens (including phenoxy) is 1. The van der Waals surface area contributed by atoms with Gasteiger partial charge in [-0.25, -0.2) is 4.79 Å². The summed E-state index contributed by atoms with van der Waals surface area (Å²) >= 11 is 0. The quantitative estimate of drug-likeness (QED) is 0.601. The van der Waals surface area contributed by atoms with Crippen molar-refractivity contribution < 1.29 is 4.74 Å². The molecular formula is C22H33N5O3. The molecule has 3 heterocycles. The fourth-order valence-electron chi connectivity index (χ4n) is 5.47. The van der Waals surface area contributed by atoms with E-state index in [4.69, 9.17) is 9.72 Å². The number of aryl methyl sites for hydroxylation is 2. The van der Waals surface area contributed by atoms with E-state index in [2.05, 4.69) is 32.3 Å². The van der Waals surface area contributed by atoms with Crippen LogP contribution in [0.2, 0.25) is 0 Å². The Morgan fingerprint density at radius 2 is 2.00 bits per heavy atom. The van der Waals surface area contributed by atoms with E-state index in [-0.39, 0.29) is 23.2 Å². The van der Waals surface area contributed by atoms with E-state index in [0.717, 1.165) is 24.3 Å². The first-order valence-electron chi connectivity index (χ1n) is 10.9. The van der Waals surface area contributed by atoms with Gasteiger partial charge >= 0.3 is 5.69 Å². The van der Waals surface area contributed by atoms with Gasteiger partial charge in [-0.15, -0.1) is 0 Å². The standard InChI is InChI=1S/C22H33N5O3/c1-7-30-9-8-25-19(28)17-18(24(6)21(25)29)23-20-26(17)13-15(3)27(20)16-10-14(2)11-22(4,5)12-16/h13-14,16H,7-12H2,1-6H3/t14-,16+/m0/s1. The molecule has 0 aliphatic heterocycles. The van der Waals surface area contributed by atoms with E-state index in [1.165, 1.54) is 15.6 Å². The molecule has 4 rings (SSSR count). The lowest BCUT2D eigenvalue weighted by molar-refractivity contribution is 0.137. The summed E-state index contributed by atoms with van der Waals surface area (Å²) in [5.74, 6) is 1.37. The van der Waals surface area contributed by atoms with E-state index < -0.39 is 0 Å². The SMILES string of the molecule is CCOCCn1c(=O)c2c(nc3n([C@@H]4C[C@H](C)CC(C)(C)C4)c(C)cn23)n(C)c1=O. The summed E-state index contributed by atoms with van der Waals surface area (Å²) in [7, 11) is 1.68. The second-order valence-corrected chi connectivity index (χ2v) is 9.66. The molecule has 8 heteroatoms. The average Bonchev–Trinajstić information content (AvgIpc) is 3.15. The zero-order valence-electron chi connectivity index (χ0n) is 18.9. The number of hydrogen-bond acceptors (Lipinski definition) is 4. The Hall–Kier alpha value is -2.35. The fraction of sp³-hybridized carbons (Fsp3) is 0.682. The van der Waals surface area contributed by atoms with Crippen LogP contribution in [0, 0.1) is 18.3 Å². The van der Waals surface area contributed by atoms with E-state index in [1.54, 1.807) is 7.05 Å². The first-order chi connectivity index (χ1) is 14.1. The van der Waals surface area contributed by atoms with E-state index in [0.29, 0.717) is 36.3 Å². The Balaban J connectivity index is 1.91. The third-order valence-electron chi connectivity index (χ3n) is 6.46. The molecule has 0 aromatic carbocycles. The van der Waals surface area contributed by atoms with Gasteiger partial charge in [-0.1, -0.05) is 20.8 Å². The number of rotatable bonds is 5. The molecule has 1 aliphatic carbocycles. The van der Waals surface area contributed by atoms with Crippen LogP contribution < -0.4 is 11.2 Å². The van der Waals surface area contributed by atoms with Crippen LogP contribution in [0.3, 0.4) is 0 Å². The molecule has 1 saturated carbocycles. The summed E-state index contributed by atoms with van der Waals surface area (Å²) in [5.41, 5.74) is 1.57. The molecule has 8 nitrogen and oxygen atoms in total. The molecule has 1 aliphatic rings. The van der Waals surface area contributed by atoms with Gasteiger partial charge in [-0.3, -0.25) is 18.3 Å². The van der Waals surface area contributed by atoms with Crippen LogP contribution in [-0.2, 0) is 18.3 Å². The molecule has 164 valence electrons. The van der Waals surface area contributed by atoms with Gasteiger partial charge in [0.05, 0.1) is 13.2 Å². The molecule has 0 N–H and O–H groups in total. The number of aromatic nitrogens is 5. The Labute approximate surface area is 176 Å². The number of fused-ring (bicyclic) bond motifs is 3. The largest absolute Gasteiger partial charge is 0.380 e. The molecule has 3 aromatic heterocycles. The monoisotopic (exact) mass is 415 g/mol. The van der Waals surface area contributed by atoms with Crippen LogP contribution in [0.4, 0.5) is 0 Å². The minimum absolute atomic E-state index is 0.233. The van der Waals surface area contributed by atoms with Crippen molar-refractivity contribution in [2.45, 2.75) is 66.5 Å². The Bertz CT molecular complexity index is 1210. The minimum Gasteiger partial charge on any atom is -0.380 e. The van der Waals surface area contributed by atoms with E-state index >= 15 is 0 Å². The van der Waals surface area contributed by atoms with Crippen molar-refractivity contribution in [1.82, 2.24) is 23.1 Å². The maximum absolute atomic E-state index is 13.2. The van der Waals surface area contributed by atoms with Gasteiger partial charge in [0.1, 0.15) is 0 Å². The van der Waals surface area contributed by atoms with Gasteiger partial charge in [0.15, 0.2) is 11.2 Å². The first-order valence-corrected chi connectivity index (χ1v) is 10.9. The van der Waals surface area contributed by atoms with Gasteiger partial charge in [-0.05, 0) is 44.4 Å². The zero-order valence-corrected chi connectivity index (χ0v) is 18.9. The maximum atomic E-state index is 13.2. The van der Waals surface area contributed by atoms with Gasteiger partial charge in [0.2, 0.25) is 5.78 Å². The van der Waals surface area contributed by atoms with Crippen LogP contribution in [0.15, 0.2) is 15.8 Å². The molecule has 0 bridgehead atoms. The highest BCUT2D eigenvalue weighted by Gasteiger charge is 2.34. The predicted octanol–water partition coefficient (Wildman–Crippen LogP) is 2.88. The highest BCUT2D eigenvalue weighted by atomic mass is 16.5. The summed E-state index contributed by atoms with van der Waals surface area (Å²) in [5, 5.41) is 0. The average molecular weight is 416 g/mol.